The summed E-state index contributed by atoms with van der Waals surface area (Å²) in [5.74, 6) is 0.673. The van der Waals surface area contributed by atoms with Gasteiger partial charge in [-0.15, -0.1) is 5.10 Å². The van der Waals surface area contributed by atoms with Gasteiger partial charge >= 0.3 is 5.69 Å². The molecule has 0 aliphatic rings. The first-order valence-corrected chi connectivity index (χ1v) is 8.02. The van der Waals surface area contributed by atoms with Crippen molar-refractivity contribution in [2.75, 3.05) is 14.1 Å². The van der Waals surface area contributed by atoms with Crippen LogP contribution in [0.15, 0.2) is 59.4 Å². The van der Waals surface area contributed by atoms with Gasteiger partial charge in [0, 0.05) is 12.6 Å². The zero-order valence-corrected chi connectivity index (χ0v) is 14.7. The molecule has 3 rings (SSSR count). The molecule has 24 heavy (non-hydrogen) atoms. The lowest BCUT2D eigenvalue weighted by atomic mass is 10.1. The maximum absolute atomic E-state index is 12.5. The summed E-state index contributed by atoms with van der Waals surface area (Å²) in [4.78, 5) is 12.5. The van der Waals surface area contributed by atoms with Crippen molar-refractivity contribution < 1.29 is 0 Å². The van der Waals surface area contributed by atoms with Crippen molar-refractivity contribution in [3.05, 3.63) is 70.6 Å². The molecule has 1 N–H and O–H groups in total. The Morgan fingerprint density at radius 2 is 1.58 bits per heavy atom. The van der Waals surface area contributed by atoms with E-state index >= 15 is 0 Å². The molecule has 3 aromatic rings. The van der Waals surface area contributed by atoms with Gasteiger partial charge in [-0.05, 0) is 32.1 Å². The molecule has 0 bridgehead atoms. The van der Waals surface area contributed by atoms with E-state index in [0.717, 1.165) is 23.2 Å². The highest BCUT2D eigenvalue weighted by Gasteiger charge is 2.14. The van der Waals surface area contributed by atoms with E-state index in [0.29, 0.717) is 5.82 Å². The maximum Gasteiger partial charge on any atom is 0.350 e. The molecule has 0 atom stereocenters. The molecule has 0 aliphatic heterocycles. The van der Waals surface area contributed by atoms with Crippen LogP contribution < -0.4 is 11.0 Å². The van der Waals surface area contributed by atoms with Crippen LogP contribution in [0, 0.1) is 0 Å². The summed E-state index contributed by atoms with van der Waals surface area (Å²) < 4.78 is 3.07. The molecule has 0 unspecified atom stereocenters. The van der Waals surface area contributed by atoms with E-state index in [1.54, 1.807) is 11.6 Å². The second kappa shape index (κ2) is 8.26. The Morgan fingerprint density at radius 1 is 1.00 bits per heavy atom. The predicted molar refractivity (Wildman–Crippen MR) is 98.6 cm³/mol. The molecular formula is C19H24N4O. The zero-order chi connectivity index (χ0) is 17.5. The molecule has 0 radical (unpaired) electrons. The van der Waals surface area contributed by atoms with Gasteiger partial charge in [0.25, 0.3) is 0 Å². The van der Waals surface area contributed by atoms with E-state index in [4.69, 9.17) is 0 Å². The molecule has 1 aromatic heterocycles. The average molecular weight is 324 g/mol. The van der Waals surface area contributed by atoms with Crippen LogP contribution in [-0.2, 0) is 13.5 Å². The van der Waals surface area contributed by atoms with E-state index in [9.17, 15) is 4.79 Å². The number of rotatable bonds is 3. The van der Waals surface area contributed by atoms with E-state index in [2.05, 4.69) is 17.3 Å². The van der Waals surface area contributed by atoms with Crippen LogP contribution >= 0.6 is 0 Å². The third-order valence-corrected chi connectivity index (χ3v) is 3.61. The molecule has 0 saturated heterocycles. The van der Waals surface area contributed by atoms with E-state index in [1.807, 2.05) is 68.7 Å². The number of aryl methyl sites for hydroxylation is 1. The first-order valence-electron chi connectivity index (χ1n) is 8.02. The molecule has 2 aromatic carbocycles. The summed E-state index contributed by atoms with van der Waals surface area (Å²) in [7, 11) is 5.50. The summed E-state index contributed by atoms with van der Waals surface area (Å²) in [6.07, 6.45) is 0.861. The van der Waals surface area contributed by atoms with E-state index in [1.165, 1.54) is 4.68 Å². The summed E-state index contributed by atoms with van der Waals surface area (Å²) in [5, 5.41) is 7.28. The molecule has 5 heteroatoms. The first-order chi connectivity index (χ1) is 11.6. The second-order valence-electron chi connectivity index (χ2n) is 5.43. The van der Waals surface area contributed by atoms with Gasteiger partial charge in [0.2, 0.25) is 0 Å². The molecule has 0 saturated carbocycles. The summed E-state index contributed by atoms with van der Waals surface area (Å²) >= 11 is 0. The van der Waals surface area contributed by atoms with Crippen molar-refractivity contribution in [1.82, 2.24) is 19.7 Å². The van der Waals surface area contributed by atoms with Crippen molar-refractivity contribution in [1.29, 1.82) is 0 Å². The molecule has 0 aliphatic carbocycles. The highest BCUT2D eigenvalue weighted by atomic mass is 16.2. The fraction of sp³-hybridized carbons (Fsp3) is 0.263. The van der Waals surface area contributed by atoms with Crippen LogP contribution in [-0.4, -0.2) is 28.4 Å². The van der Waals surface area contributed by atoms with Gasteiger partial charge in [-0.2, -0.15) is 4.68 Å². The molecule has 0 amide bonds. The Hall–Kier alpha value is -2.66. The van der Waals surface area contributed by atoms with Gasteiger partial charge in [0.1, 0.15) is 0 Å². The Bertz CT molecular complexity index is 834. The van der Waals surface area contributed by atoms with E-state index < -0.39 is 0 Å². The summed E-state index contributed by atoms with van der Waals surface area (Å²) in [5.41, 5.74) is 2.76. The fourth-order valence-electron chi connectivity index (χ4n) is 2.45. The van der Waals surface area contributed by atoms with Crippen molar-refractivity contribution in [3.8, 4) is 17.1 Å². The van der Waals surface area contributed by atoms with Gasteiger partial charge in [-0.1, -0.05) is 55.5 Å². The topological polar surface area (TPSA) is 51.9 Å². The largest absolute Gasteiger partial charge is 0.350 e. The third kappa shape index (κ3) is 3.63. The van der Waals surface area contributed by atoms with Crippen LogP contribution in [0.2, 0.25) is 0 Å². The number of para-hydroxylation sites is 1. The molecule has 126 valence electrons. The van der Waals surface area contributed by atoms with Crippen LogP contribution in [0.1, 0.15) is 12.5 Å². The average Bonchev–Trinajstić information content (AvgIpc) is 2.92. The van der Waals surface area contributed by atoms with Gasteiger partial charge in [0.05, 0.1) is 5.69 Å². The SMILES string of the molecule is CCc1ccccc1-n1nc(-c2ccccc2)n(C)c1=O.CNC. The summed E-state index contributed by atoms with van der Waals surface area (Å²) in [6.45, 7) is 2.07. The molecule has 1 heterocycles. The van der Waals surface area contributed by atoms with Gasteiger partial charge in [-0.3, -0.25) is 4.57 Å². The summed E-state index contributed by atoms with van der Waals surface area (Å²) in [6, 6.07) is 17.6. The lowest BCUT2D eigenvalue weighted by Crippen LogP contribution is -2.22. The standard InChI is InChI=1S/C17H17N3O.C2H7N/c1-3-13-9-7-8-12-15(13)20-17(21)19(2)16(18-20)14-10-5-4-6-11-14;1-3-2/h4-12H,3H2,1-2H3;3H,1-2H3. The van der Waals surface area contributed by atoms with Crippen molar-refractivity contribution in [3.63, 3.8) is 0 Å². The van der Waals surface area contributed by atoms with Gasteiger partial charge in [0.15, 0.2) is 5.82 Å². The van der Waals surface area contributed by atoms with Crippen LogP contribution in [0.3, 0.4) is 0 Å². The lowest BCUT2D eigenvalue weighted by molar-refractivity contribution is 0.791. The van der Waals surface area contributed by atoms with E-state index in [-0.39, 0.29) is 5.69 Å². The minimum absolute atomic E-state index is 0.130. The quantitative estimate of drug-likeness (QED) is 0.806. The highest BCUT2D eigenvalue weighted by molar-refractivity contribution is 5.55. The van der Waals surface area contributed by atoms with Crippen LogP contribution in [0.5, 0.6) is 0 Å². The first kappa shape index (κ1) is 17.7. The minimum atomic E-state index is -0.130. The fourth-order valence-corrected chi connectivity index (χ4v) is 2.45. The van der Waals surface area contributed by atoms with Gasteiger partial charge < -0.3 is 5.32 Å². The monoisotopic (exact) mass is 324 g/mol. The lowest BCUT2D eigenvalue weighted by Gasteiger charge is -2.05. The van der Waals surface area contributed by atoms with Crippen molar-refractivity contribution in [2.24, 2.45) is 7.05 Å². The highest BCUT2D eigenvalue weighted by Crippen LogP contribution is 2.17. The number of hydrogen-bond acceptors (Lipinski definition) is 3. The van der Waals surface area contributed by atoms with Crippen molar-refractivity contribution in [2.45, 2.75) is 13.3 Å². The number of hydrogen-bond donors (Lipinski definition) is 1. The number of nitrogens with one attached hydrogen (secondary N) is 1. The number of nitrogens with zero attached hydrogens (tertiary/aromatic N) is 3. The van der Waals surface area contributed by atoms with Crippen LogP contribution in [0.4, 0.5) is 0 Å². The molecule has 5 nitrogen and oxygen atoms in total. The predicted octanol–water partition coefficient (Wildman–Crippen LogP) is 2.64. The van der Waals surface area contributed by atoms with Gasteiger partial charge in [-0.25, -0.2) is 4.79 Å². The third-order valence-electron chi connectivity index (χ3n) is 3.61. The Balaban J connectivity index is 0.000000647. The smallest absolute Gasteiger partial charge is 0.323 e. The van der Waals surface area contributed by atoms with Crippen LogP contribution in [0.25, 0.3) is 17.1 Å². The Kier molecular flexibility index (Phi) is 6.09. The second-order valence-corrected chi connectivity index (χ2v) is 5.43. The number of benzene rings is 2. The van der Waals surface area contributed by atoms with Crippen molar-refractivity contribution >= 4 is 0 Å². The maximum atomic E-state index is 12.5. The molecule has 0 fully saturated rings. The molecular weight excluding hydrogens is 300 g/mol. The Labute approximate surface area is 142 Å². The number of aromatic nitrogens is 3. The normalized spacial score (nSPS) is 10.2. The molecule has 0 spiro atoms. The zero-order valence-electron chi connectivity index (χ0n) is 14.7. The Morgan fingerprint density at radius 3 is 2.21 bits per heavy atom. The minimum Gasteiger partial charge on any atom is -0.323 e.